The number of rotatable bonds is 5. The Labute approximate surface area is 111 Å². The molecule has 1 heterocycles. The molecule has 1 aliphatic rings. The average molecular weight is 256 g/mol. The maximum absolute atomic E-state index is 11.9. The minimum atomic E-state index is -0.387. The lowest BCUT2D eigenvalue weighted by Crippen LogP contribution is -2.56. The lowest BCUT2D eigenvalue weighted by molar-refractivity contribution is -0.123. The number of amides is 1. The van der Waals surface area contributed by atoms with Crippen LogP contribution in [0.25, 0.3) is 0 Å². The van der Waals surface area contributed by atoms with Crippen molar-refractivity contribution in [2.24, 2.45) is 11.7 Å². The summed E-state index contributed by atoms with van der Waals surface area (Å²) >= 11 is 0. The lowest BCUT2D eigenvalue weighted by atomic mass is 9.99. The summed E-state index contributed by atoms with van der Waals surface area (Å²) in [5.74, 6) is 0.211. The van der Waals surface area contributed by atoms with Crippen LogP contribution in [0.3, 0.4) is 0 Å². The van der Waals surface area contributed by atoms with Crippen LogP contribution >= 0.6 is 0 Å². The maximum Gasteiger partial charge on any atom is 0.237 e. The molecule has 0 spiro atoms. The molecule has 0 saturated carbocycles. The van der Waals surface area contributed by atoms with Gasteiger partial charge in [0, 0.05) is 32.2 Å². The molecule has 18 heavy (non-hydrogen) atoms. The van der Waals surface area contributed by atoms with Gasteiger partial charge >= 0.3 is 0 Å². The number of piperazine rings is 1. The summed E-state index contributed by atoms with van der Waals surface area (Å²) in [4.78, 5) is 16.5. The zero-order valence-corrected chi connectivity index (χ0v) is 12.1. The first kappa shape index (κ1) is 15.4. The summed E-state index contributed by atoms with van der Waals surface area (Å²) in [7, 11) is 4.23. The number of nitrogens with one attached hydrogen (secondary N) is 1. The first-order valence-electron chi connectivity index (χ1n) is 6.87. The number of carbonyl (C=O) groups excluding carboxylic acids is 1. The van der Waals surface area contributed by atoms with Crippen LogP contribution in [0.1, 0.15) is 20.3 Å². The Kier molecular flexibility index (Phi) is 6.05. The van der Waals surface area contributed by atoms with E-state index < -0.39 is 0 Å². The van der Waals surface area contributed by atoms with Gasteiger partial charge in [0.05, 0.1) is 6.04 Å². The van der Waals surface area contributed by atoms with Gasteiger partial charge < -0.3 is 16.0 Å². The van der Waals surface area contributed by atoms with Crippen molar-refractivity contribution in [2.45, 2.75) is 32.4 Å². The molecule has 5 nitrogen and oxygen atoms in total. The minimum Gasteiger partial charge on any atom is -0.353 e. The van der Waals surface area contributed by atoms with Gasteiger partial charge in [0.25, 0.3) is 0 Å². The molecule has 0 aromatic carbocycles. The monoisotopic (exact) mass is 256 g/mol. The van der Waals surface area contributed by atoms with Crippen molar-refractivity contribution in [1.29, 1.82) is 0 Å². The van der Waals surface area contributed by atoms with Crippen molar-refractivity contribution in [3.05, 3.63) is 0 Å². The predicted octanol–water partition coefficient (Wildman–Crippen LogP) is -0.278. The molecule has 3 atom stereocenters. The molecule has 1 rings (SSSR count). The highest BCUT2D eigenvalue weighted by Gasteiger charge is 2.24. The molecule has 0 aromatic heterocycles. The summed E-state index contributed by atoms with van der Waals surface area (Å²) in [5.41, 5.74) is 5.91. The first-order valence-corrected chi connectivity index (χ1v) is 6.87. The van der Waals surface area contributed by atoms with E-state index in [9.17, 15) is 4.79 Å². The quantitative estimate of drug-likeness (QED) is 0.710. The van der Waals surface area contributed by atoms with Crippen LogP contribution in [0.2, 0.25) is 0 Å². The van der Waals surface area contributed by atoms with Crippen LogP contribution in [0.4, 0.5) is 0 Å². The summed E-state index contributed by atoms with van der Waals surface area (Å²) in [6.07, 6.45) is 0.931. The van der Waals surface area contributed by atoms with E-state index in [0.29, 0.717) is 12.6 Å². The van der Waals surface area contributed by atoms with E-state index in [1.807, 2.05) is 6.92 Å². The van der Waals surface area contributed by atoms with Crippen molar-refractivity contribution in [2.75, 3.05) is 40.3 Å². The number of hydrogen-bond acceptors (Lipinski definition) is 4. The molecular weight excluding hydrogens is 228 g/mol. The summed E-state index contributed by atoms with van der Waals surface area (Å²) in [6, 6.07) is -0.00143. The molecule has 1 amide bonds. The average Bonchev–Trinajstić information content (AvgIpc) is 2.37. The van der Waals surface area contributed by atoms with Crippen molar-refractivity contribution in [3.8, 4) is 0 Å². The predicted molar refractivity (Wildman–Crippen MR) is 74.4 cm³/mol. The first-order chi connectivity index (χ1) is 8.45. The Morgan fingerprint density at radius 1 is 1.44 bits per heavy atom. The second-order valence-corrected chi connectivity index (χ2v) is 5.55. The summed E-state index contributed by atoms with van der Waals surface area (Å²) in [5, 5.41) is 2.99. The highest BCUT2D eigenvalue weighted by Crippen LogP contribution is 2.07. The third kappa shape index (κ3) is 4.23. The van der Waals surface area contributed by atoms with E-state index in [4.69, 9.17) is 5.73 Å². The normalized spacial score (nSPS) is 25.7. The fourth-order valence-corrected chi connectivity index (χ4v) is 2.17. The fourth-order valence-electron chi connectivity index (χ4n) is 2.17. The van der Waals surface area contributed by atoms with Gasteiger partial charge in [-0.05, 0) is 20.0 Å². The van der Waals surface area contributed by atoms with Crippen molar-refractivity contribution < 1.29 is 4.79 Å². The summed E-state index contributed by atoms with van der Waals surface area (Å²) < 4.78 is 0. The van der Waals surface area contributed by atoms with Crippen LogP contribution in [-0.4, -0.2) is 68.1 Å². The third-order valence-corrected chi connectivity index (χ3v) is 4.05. The van der Waals surface area contributed by atoms with E-state index >= 15 is 0 Å². The van der Waals surface area contributed by atoms with Crippen molar-refractivity contribution in [3.63, 3.8) is 0 Å². The Morgan fingerprint density at radius 3 is 2.72 bits per heavy atom. The molecule has 0 bridgehead atoms. The van der Waals surface area contributed by atoms with Crippen LogP contribution in [-0.2, 0) is 4.79 Å². The Morgan fingerprint density at radius 2 is 2.11 bits per heavy atom. The number of hydrogen-bond donors (Lipinski definition) is 2. The van der Waals surface area contributed by atoms with Gasteiger partial charge in [-0.2, -0.15) is 0 Å². The molecule has 106 valence electrons. The number of likely N-dealkylation sites (N-methyl/N-ethyl adjacent to an activating group) is 2. The second kappa shape index (κ2) is 7.07. The number of carbonyl (C=O) groups is 1. The van der Waals surface area contributed by atoms with Gasteiger partial charge in [0.15, 0.2) is 0 Å². The van der Waals surface area contributed by atoms with Gasteiger partial charge in [-0.1, -0.05) is 20.3 Å². The molecule has 0 aromatic rings. The molecule has 0 aliphatic carbocycles. The third-order valence-electron chi connectivity index (χ3n) is 4.05. The van der Waals surface area contributed by atoms with E-state index in [1.165, 1.54) is 0 Å². The van der Waals surface area contributed by atoms with Gasteiger partial charge in [0.1, 0.15) is 0 Å². The lowest BCUT2D eigenvalue weighted by Gasteiger charge is -2.37. The molecule has 1 fully saturated rings. The van der Waals surface area contributed by atoms with E-state index in [0.717, 1.165) is 26.1 Å². The summed E-state index contributed by atoms with van der Waals surface area (Å²) in [6.45, 7) is 7.90. The number of nitrogens with two attached hydrogens (primary N) is 1. The van der Waals surface area contributed by atoms with E-state index in [1.54, 1.807) is 0 Å². The zero-order chi connectivity index (χ0) is 13.7. The van der Waals surface area contributed by atoms with Gasteiger partial charge in [-0.3, -0.25) is 9.69 Å². The smallest absolute Gasteiger partial charge is 0.237 e. The molecule has 1 saturated heterocycles. The topological polar surface area (TPSA) is 61.6 Å². The van der Waals surface area contributed by atoms with Crippen LogP contribution in [0, 0.1) is 5.92 Å². The standard InChI is InChI=1S/C13H28N4O/c1-5-10(2)12(14)13(18)15-8-11-9-16(3)6-7-17(11)4/h10-12H,5-9,14H2,1-4H3,(H,15,18). The minimum absolute atomic E-state index is 0.0222. The highest BCUT2D eigenvalue weighted by atomic mass is 16.2. The van der Waals surface area contributed by atoms with Crippen LogP contribution in [0.15, 0.2) is 0 Å². The Hall–Kier alpha value is -0.650. The Balaban J connectivity index is 2.37. The zero-order valence-electron chi connectivity index (χ0n) is 12.1. The van der Waals surface area contributed by atoms with Gasteiger partial charge in [-0.15, -0.1) is 0 Å². The molecule has 1 aliphatic heterocycles. The highest BCUT2D eigenvalue weighted by molar-refractivity contribution is 5.81. The molecule has 3 N–H and O–H groups in total. The maximum atomic E-state index is 11.9. The number of nitrogens with zero attached hydrogens (tertiary/aromatic N) is 2. The molecule has 0 radical (unpaired) electrons. The van der Waals surface area contributed by atoms with E-state index in [-0.39, 0.29) is 17.9 Å². The van der Waals surface area contributed by atoms with E-state index in [2.05, 4.69) is 36.1 Å². The SMILES string of the molecule is CCC(C)C(N)C(=O)NCC1CN(C)CCN1C. The second-order valence-electron chi connectivity index (χ2n) is 5.55. The molecule has 3 unspecified atom stereocenters. The van der Waals surface area contributed by atoms with Crippen molar-refractivity contribution in [1.82, 2.24) is 15.1 Å². The van der Waals surface area contributed by atoms with Gasteiger partial charge in [-0.25, -0.2) is 0 Å². The van der Waals surface area contributed by atoms with Crippen LogP contribution < -0.4 is 11.1 Å². The molecular formula is C13H28N4O. The molecule has 5 heteroatoms. The van der Waals surface area contributed by atoms with Gasteiger partial charge in [0.2, 0.25) is 5.91 Å². The Bertz CT molecular complexity index is 272. The largest absolute Gasteiger partial charge is 0.353 e. The van der Waals surface area contributed by atoms with Crippen LogP contribution in [0.5, 0.6) is 0 Å². The van der Waals surface area contributed by atoms with Crippen molar-refractivity contribution >= 4 is 5.91 Å². The fraction of sp³-hybridized carbons (Fsp3) is 0.923.